The van der Waals surface area contributed by atoms with Gasteiger partial charge in [0, 0.05) is 33.4 Å². The standard InChI is InChI=1S/C26H19NO7S/c28-22(11-16-4-1-2-7-20(16)24-9-8-19(35-24)14-25(30)31)17-6-3-5-15(10-17)21-12-18(27(33)34)13-23(29)26(21)32/h1-10,12-13,29,32H,11,14H2,(H,30,31). The fourth-order valence-corrected chi connectivity index (χ4v) is 4.81. The lowest BCUT2D eigenvalue weighted by Crippen LogP contribution is -2.05. The van der Waals surface area contributed by atoms with Crippen LogP contribution in [0.5, 0.6) is 11.5 Å². The quantitative estimate of drug-likeness (QED) is 0.129. The summed E-state index contributed by atoms with van der Waals surface area (Å²) in [6, 6.07) is 19.3. The summed E-state index contributed by atoms with van der Waals surface area (Å²) in [5.41, 5.74) is 1.93. The van der Waals surface area contributed by atoms with Crippen LogP contribution in [0.4, 0.5) is 5.69 Å². The predicted octanol–water partition coefficient (Wildman–Crippen LogP) is 5.45. The third-order valence-corrected chi connectivity index (χ3v) is 6.52. The number of aromatic hydroxyl groups is 2. The highest BCUT2D eigenvalue weighted by Gasteiger charge is 2.19. The summed E-state index contributed by atoms with van der Waals surface area (Å²) < 4.78 is 0. The first kappa shape index (κ1) is 23.7. The topological polar surface area (TPSA) is 138 Å². The van der Waals surface area contributed by atoms with Crippen molar-refractivity contribution in [2.24, 2.45) is 0 Å². The van der Waals surface area contributed by atoms with Crippen LogP contribution < -0.4 is 0 Å². The number of non-ortho nitro benzene ring substituents is 1. The summed E-state index contributed by atoms with van der Waals surface area (Å²) in [6.45, 7) is 0. The van der Waals surface area contributed by atoms with Crippen molar-refractivity contribution >= 4 is 28.8 Å². The maximum Gasteiger partial charge on any atom is 0.308 e. The molecule has 0 atom stereocenters. The second-order valence-corrected chi connectivity index (χ2v) is 8.96. The minimum atomic E-state index is -0.912. The first-order valence-corrected chi connectivity index (χ1v) is 11.3. The number of Topliss-reactive ketones (excluding diaryl/α,β-unsaturated/α-hetero) is 1. The van der Waals surface area contributed by atoms with Crippen LogP contribution >= 0.6 is 11.3 Å². The molecule has 1 heterocycles. The fraction of sp³-hybridized carbons (Fsp3) is 0.0769. The Morgan fingerprint density at radius 1 is 0.886 bits per heavy atom. The third-order valence-electron chi connectivity index (χ3n) is 5.40. The Hall–Kier alpha value is -4.50. The van der Waals surface area contributed by atoms with Crippen molar-refractivity contribution in [2.75, 3.05) is 0 Å². The summed E-state index contributed by atoms with van der Waals surface area (Å²) in [4.78, 5) is 36.2. The van der Waals surface area contributed by atoms with E-state index < -0.39 is 22.4 Å². The van der Waals surface area contributed by atoms with E-state index in [0.29, 0.717) is 16.0 Å². The van der Waals surface area contributed by atoms with E-state index in [1.54, 1.807) is 24.3 Å². The van der Waals surface area contributed by atoms with Gasteiger partial charge in [-0.1, -0.05) is 42.5 Å². The number of nitro groups is 1. The van der Waals surface area contributed by atoms with Crippen LogP contribution in [-0.2, 0) is 17.6 Å². The molecule has 35 heavy (non-hydrogen) atoms. The second-order valence-electron chi connectivity index (χ2n) is 7.79. The Kier molecular flexibility index (Phi) is 6.61. The van der Waals surface area contributed by atoms with E-state index in [0.717, 1.165) is 28.1 Å². The molecule has 0 saturated heterocycles. The predicted molar refractivity (Wildman–Crippen MR) is 131 cm³/mol. The van der Waals surface area contributed by atoms with Crippen molar-refractivity contribution in [3.05, 3.63) is 98.9 Å². The fourth-order valence-electron chi connectivity index (χ4n) is 3.75. The lowest BCUT2D eigenvalue weighted by Gasteiger charge is -2.10. The number of phenolic OH excluding ortho intramolecular Hbond substituents is 2. The normalized spacial score (nSPS) is 10.7. The van der Waals surface area contributed by atoms with Crippen LogP contribution in [0.2, 0.25) is 0 Å². The monoisotopic (exact) mass is 489 g/mol. The molecule has 0 aliphatic rings. The molecule has 8 nitrogen and oxygen atoms in total. The molecule has 0 saturated carbocycles. The molecule has 4 aromatic rings. The van der Waals surface area contributed by atoms with Gasteiger partial charge < -0.3 is 15.3 Å². The number of thiophene rings is 1. The van der Waals surface area contributed by atoms with E-state index in [9.17, 15) is 29.9 Å². The maximum atomic E-state index is 13.2. The van der Waals surface area contributed by atoms with Gasteiger partial charge in [-0.2, -0.15) is 0 Å². The maximum absolute atomic E-state index is 13.2. The molecule has 3 N–H and O–H groups in total. The first-order chi connectivity index (χ1) is 16.7. The van der Waals surface area contributed by atoms with Gasteiger partial charge >= 0.3 is 5.97 Å². The van der Waals surface area contributed by atoms with Gasteiger partial charge in [-0.3, -0.25) is 19.7 Å². The highest BCUT2D eigenvalue weighted by molar-refractivity contribution is 7.15. The van der Waals surface area contributed by atoms with Crippen molar-refractivity contribution in [1.29, 1.82) is 0 Å². The van der Waals surface area contributed by atoms with E-state index in [-0.39, 0.29) is 29.9 Å². The number of carboxylic acids is 1. The zero-order valence-corrected chi connectivity index (χ0v) is 19.0. The molecule has 0 aliphatic carbocycles. The summed E-state index contributed by atoms with van der Waals surface area (Å²) in [5, 5.41) is 40.3. The first-order valence-electron chi connectivity index (χ1n) is 10.5. The lowest BCUT2D eigenvalue weighted by atomic mass is 9.95. The van der Waals surface area contributed by atoms with Gasteiger partial charge in [0.05, 0.1) is 17.4 Å². The molecule has 0 unspecified atom stereocenters. The van der Waals surface area contributed by atoms with E-state index in [2.05, 4.69) is 0 Å². The Balaban J connectivity index is 1.64. The highest BCUT2D eigenvalue weighted by atomic mass is 32.1. The third kappa shape index (κ3) is 5.20. The summed E-state index contributed by atoms with van der Waals surface area (Å²) in [6.07, 6.45) is -0.00341. The lowest BCUT2D eigenvalue weighted by molar-refractivity contribution is -0.384. The molecule has 1 aromatic heterocycles. The van der Waals surface area contributed by atoms with Crippen molar-refractivity contribution in [2.45, 2.75) is 12.8 Å². The number of phenols is 2. The number of hydrogen-bond acceptors (Lipinski definition) is 7. The zero-order chi connectivity index (χ0) is 25.1. The van der Waals surface area contributed by atoms with Crippen LogP contribution in [0.25, 0.3) is 21.6 Å². The smallest absolute Gasteiger partial charge is 0.308 e. The zero-order valence-electron chi connectivity index (χ0n) is 18.2. The SMILES string of the molecule is O=C(O)Cc1ccc(-c2ccccc2CC(=O)c2cccc(-c3cc([N+](=O)[O-])cc(O)c3O)c2)s1. The summed E-state index contributed by atoms with van der Waals surface area (Å²) >= 11 is 1.36. The number of carboxylic acid groups (broad SMARTS) is 1. The molecule has 0 spiro atoms. The van der Waals surface area contributed by atoms with E-state index in [1.807, 2.05) is 30.3 Å². The average molecular weight is 490 g/mol. The molecule has 176 valence electrons. The average Bonchev–Trinajstić information content (AvgIpc) is 3.28. The highest BCUT2D eigenvalue weighted by Crippen LogP contribution is 2.40. The van der Waals surface area contributed by atoms with Crippen molar-refractivity contribution in [1.82, 2.24) is 0 Å². The van der Waals surface area contributed by atoms with Crippen molar-refractivity contribution in [3.63, 3.8) is 0 Å². The molecule has 0 bridgehead atoms. The van der Waals surface area contributed by atoms with Crippen LogP contribution in [0.3, 0.4) is 0 Å². The number of hydrogen-bond donors (Lipinski definition) is 3. The van der Waals surface area contributed by atoms with E-state index in [4.69, 9.17) is 5.11 Å². The van der Waals surface area contributed by atoms with E-state index in [1.165, 1.54) is 17.4 Å². The van der Waals surface area contributed by atoms with Gasteiger partial charge in [0.1, 0.15) is 0 Å². The Bertz CT molecular complexity index is 1460. The second kappa shape index (κ2) is 9.78. The number of ketones is 1. The van der Waals surface area contributed by atoms with Crippen LogP contribution in [-0.4, -0.2) is 32.0 Å². The number of benzene rings is 3. The van der Waals surface area contributed by atoms with Gasteiger partial charge in [0.2, 0.25) is 0 Å². The molecule has 0 aliphatic heterocycles. The summed E-state index contributed by atoms with van der Waals surface area (Å²) in [7, 11) is 0. The van der Waals surface area contributed by atoms with Crippen LogP contribution in [0, 0.1) is 10.1 Å². The molecule has 0 radical (unpaired) electrons. The van der Waals surface area contributed by atoms with Gasteiger partial charge in [-0.15, -0.1) is 11.3 Å². The van der Waals surface area contributed by atoms with Gasteiger partial charge in [0.25, 0.3) is 5.69 Å². The number of rotatable bonds is 8. The Morgan fingerprint density at radius 3 is 2.40 bits per heavy atom. The van der Waals surface area contributed by atoms with Crippen LogP contribution in [0.1, 0.15) is 20.8 Å². The molecule has 4 rings (SSSR count). The molecular weight excluding hydrogens is 470 g/mol. The van der Waals surface area contributed by atoms with Crippen molar-refractivity contribution in [3.8, 4) is 33.1 Å². The number of carbonyl (C=O) groups excluding carboxylic acids is 1. The number of carbonyl (C=O) groups is 2. The van der Waals surface area contributed by atoms with Crippen LogP contribution in [0.15, 0.2) is 72.8 Å². The van der Waals surface area contributed by atoms with Crippen molar-refractivity contribution < 1.29 is 29.8 Å². The summed E-state index contributed by atoms with van der Waals surface area (Å²) in [5.74, 6) is -2.26. The molecule has 0 fully saturated rings. The minimum Gasteiger partial charge on any atom is -0.504 e. The molecule has 0 amide bonds. The molecular formula is C26H19NO7S. The largest absolute Gasteiger partial charge is 0.504 e. The number of nitro benzene ring substituents is 1. The Labute approximate surface area is 203 Å². The van der Waals surface area contributed by atoms with E-state index >= 15 is 0 Å². The van der Waals surface area contributed by atoms with Gasteiger partial charge in [-0.05, 0) is 34.9 Å². The number of nitrogens with zero attached hydrogens (tertiary/aromatic N) is 1. The molecule has 9 heteroatoms. The Morgan fingerprint density at radius 2 is 1.66 bits per heavy atom. The van der Waals surface area contributed by atoms with Gasteiger partial charge in [-0.25, -0.2) is 0 Å². The molecule has 3 aromatic carbocycles. The minimum absolute atomic E-state index is 0.0382. The van der Waals surface area contributed by atoms with Gasteiger partial charge in [0.15, 0.2) is 17.3 Å². The number of aliphatic carboxylic acids is 1.